The zero-order valence-electron chi connectivity index (χ0n) is 14.4. The second-order valence-corrected chi connectivity index (χ2v) is 5.67. The summed E-state index contributed by atoms with van der Waals surface area (Å²) in [6.07, 6.45) is 2.71. The molecule has 0 saturated heterocycles. The second-order valence-electron chi connectivity index (χ2n) is 5.67. The molecule has 0 heterocycles. The lowest BCUT2D eigenvalue weighted by molar-refractivity contribution is -0.0490. The van der Waals surface area contributed by atoms with Crippen LogP contribution in [0.15, 0.2) is 60.7 Å². The number of alkyl halides is 2. The summed E-state index contributed by atoms with van der Waals surface area (Å²) >= 11 is 0. The Kier molecular flexibility index (Phi) is 5.35. The zero-order valence-corrected chi connectivity index (χ0v) is 14.4. The van der Waals surface area contributed by atoms with Gasteiger partial charge in [-0.25, -0.2) is 0 Å². The smallest absolute Gasteiger partial charge is 0.387 e. The van der Waals surface area contributed by atoms with Gasteiger partial charge in [-0.05, 0) is 35.2 Å². The fourth-order valence-electron chi connectivity index (χ4n) is 2.73. The molecule has 1 N–H and O–H groups in total. The molecule has 0 atom stereocenters. The van der Waals surface area contributed by atoms with Crippen LogP contribution in [-0.2, 0) is 0 Å². The van der Waals surface area contributed by atoms with Crippen LogP contribution in [0, 0.1) is 0 Å². The average molecular weight is 370 g/mol. The van der Waals surface area contributed by atoms with E-state index in [4.69, 9.17) is 4.74 Å². The Morgan fingerprint density at radius 3 is 2.59 bits per heavy atom. The molecule has 138 valence electrons. The summed E-state index contributed by atoms with van der Waals surface area (Å²) in [5.41, 5.74) is 0.585. The van der Waals surface area contributed by atoms with Crippen molar-refractivity contribution in [2.75, 3.05) is 7.11 Å². The molecule has 3 aromatic carbocycles. The number of methoxy groups -OCH3 is 1. The Morgan fingerprint density at radius 1 is 1.11 bits per heavy atom. The van der Waals surface area contributed by atoms with Crippen molar-refractivity contribution >= 4 is 22.6 Å². The Labute approximate surface area is 154 Å². The van der Waals surface area contributed by atoms with Gasteiger partial charge in [-0.1, -0.05) is 42.5 Å². The van der Waals surface area contributed by atoms with E-state index in [1.54, 1.807) is 42.5 Å². The van der Waals surface area contributed by atoms with E-state index in [2.05, 4.69) is 4.74 Å². The van der Waals surface area contributed by atoms with Gasteiger partial charge in [-0.3, -0.25) is 4.79 Å². The third-order valence-corrected chi connectivity index (χ3v) is 3.98. The van der Waals surface area contributed by atoms with Gasteiger partial charge in [-0.2, -0.15) is 8.78 Å². The largest absolute Gasteiger partial charge is 0.504 e. The van der Waals surface area contributed by atoms with Gasteiger partial charge >= 0.3 is 6.61 Å². The van der Waals surface area contributed by atoms with Gasteiger partial charge in [0.15, 0.2) is 17.3 Å². The normalized spacial score (nSPS) is 11.3. The zero-order chi connectivity index (χ0) is 19.4. The number of carbonyl (C=O) groups is 1. The van der Waals surface area contributed by atoms with Crippen LogP contribution < -0.4 is 9.47 Å². The van der Waals surface area contributed by atoms with E-state index in [1.165, 1.54) is 31.4 Å². The van der Waals surface area contributed by atoms with E-state index < -0.39 is 12.4 Å². The van der Waals surface area contributed by atoms with Crippen LogP contribution in [0.25, 0.3) is 16.8 Å². The van der Waals surface area contributed by atoms with Crippen LogP contribution in [0.3, 0.4) is 0 Å². The van der Waals surface area contributed by atoms with Crippen molar-refractivity contribution in [3.63, 3.8) is 0 Å². The van der Waals surface area contributed by atoms with Crippen LogP contribution in [0.1, 0.15) is 15.9 Å². The molecule has 0 amide bonds. The summed E-state index contributed by atoms with van der Waals surface area (Å²) in [4.78, 5) is 12.6. The molecule has 3 aromatic rings. The quantitative estimate of drug-likeness (QED) is 0.487. The third kappa shape index (κ3) is 4.06. The Balaban J connectivity index is 1.96. The molecule has 27 heavy (non-hydrogen) atoms. The van der Waals surface area contributed by atoms with E-state index in [0.717, 1.165) is 0 Å². The molecule has 0 radical (unpaired) electrons. The monoisotopic (exact) mass is 370 g/mol. The van der Waals surface area contributed by atoms with E-state index in [0.29, 0.717) is 22.1 Å². The standard InChI is InChI=1S/C21H16F2O4/c1-26-19-11-7-13(12-18(19)25)6-10-17(24)16-9-8-14-4-2-3-5-15(14)20(16)27-21(22)23/h2-12,21,25H,1H3/b10-6+. The van der Waals surface area contributed by atoms with Gasteiger partial charge < -0.3 is 14.6 Å². The maximum Gasteiger partial charge on any atom is 0.387 e. The van der Waals surface area contributed by atoms with E-state index >= 15 is 0 Å². The predicted molar refractivity (Wildman–Crippen MR) is 98.6 cm³/mol. The highest BCUT2D eigenvalue weighted by atomic mass is 19.3. The Bertz CT molecular complexity index is 1010. The first-order valence-electron chi connectivity index (χ1n) is 8.05. The molecule has 0 spiro atoms. The summed E-state index contributed by atoms with van der Waals surface area (Å²) in [5, 5.41) is 10.9. The maximum absolute atomic E-state index is 12.9. The Hall–Kier alpha value is -3.41. The SMILES string of the molecule is COc1ccc(/C=C/C(=O)c2ccc3ccccc3c2OC(F)F)cc1O. The maximum atomic E-state index is 12.9. The second kappa shape index (κ2) is 7.86. The lowest BCUT2D eigenvalue weighted by atomic mass is 10.0. The number of allylic oxidation sites excluding steroid dienone is 1. The first-order chi connectivity index (χ1) is 13.0. The Morgan fingerprint density at radius 2 is 1.89 bits per heavy atom. The molecule has 3 rings (SSSR count). The van der Waals surface area contributed by atoms with Crippen molar-refractivity contribution < 1.29 is 28.2 Å². The molecule has 0 bridgehead atoms. The number of aromatic hydroxyl groups is 1. The minimum atomic E-state index is -3.05. The summed E-state index contributed by atoms with van der Waals surface area (Å²) in [6.45, 7) is -3.05. The predicted octanol–water partition coefficient (Wildman–Crippen LogP) is 5.05. The van der Waals surface area contributed by atoms with Crippen LogP contribution >= 0.6 is 0 Å². The number of halogens is 2. The van der Waals surface area contributed by atoms with Gasteiger partial charge in [0.05, 0.1) is 12.7 Å². The van der Waals surface area contributed by atoms with Crippen molar-refractivity contribution in [1.82, 2.24) is 0 Å². The van der Waals surface area contributed by atoms with Gasteiger partial charge in [-0.15, -0.1) is 0 Å². The van der Waals surface area contributed by atoms with E-state index in [-0.39, 0.29) is 17.1 Å². The summed E-state index contributed by atoms with van der Waals surface area (Å²) in [6, 6.07) is 14.6. The molecular formula is C21H16F2O4. The lowest BCUT2D eigenvalue weighted by Crippen LogP contribution is -2.07. The highest BCUT2D eigenvalue weighted by Crippen LogP contribution is 2.32. The number of hydrogen-bond acceptors (Lipinski definition) is 4. The minimum absolute atomic E-state index is 0.0305. The molecular weight excluding hydrogens is 354 g/mol. The number of hydrogen-bond donors (Lipinski definition) is 1. The number of fused-ring (bicyclic) bond motifs is 1. The highest BCUT2D eigenvalue weighted by molar-refractivity contribution is 6.12. The van der Waals surface area contributed by atoms with Crippen LogP contribution in [0.4, 0.5) is 8.78 Å². The molecule has 0 fully saturated rings. The van der Waals surface area contributed by atoms with Crippen LogP contribution in [0.2, 0.25) is 0 Å². The third-order valence-electron chi connectivity index (χ3n) is 3.98. The van der Waals surface area contributed by atoms with Crippen molar-refractivity contribution in [3.8, 4) is 17.2 Å². The van der Waals surface area contributed by atoms with Crippen molar-refractivity contribution in [2.24, 2.45) is 0 Å². The van der Waals surface area contributed by atoms with Gasteiger partial charge in [0.2, 0.25) is 0 Å². The van der Waals surface area contributed by atoms with E-state index in [1.807, 2.05) is 0 Å². The fraction of sp³-hybridized carbons (Fsp3) is 0.0952. The topological polar surface area (TPSA) is 55.8 Å². The number of ketones is 1. The van der Waals surface area contributed by atoms with Crippen molar-refractivity contribution in [3.05, 3.63) is 71.8 Å². The first-order valence-corrected chi connectivity index (χ1v) is 8.05. The number of phenols is 1. The minimum Gasteiger partial charge on any atom is -0.504 e. The molecule has 0 aromatic heterocycles. The van der Waals surface area contributed by atoms with Crippen molar-refractivity contribution in [1.29, 1.82) is 0 Å². The van der Waals surface area contributed by atoms with Crippen LogP contribution in [0.5, 0.6) is 17.2 Å². The molecule has 0 aliphatic heterocycles. The number of rotatable bonds is 6. The van der Waals surface area contributed by atoms with E-state index in [9.17, 15) is 18.7 Å². The van der Waals surface area contributed by atoms with Gasteiger partial charge in [0, 0.05) is 5.39 Å². The molecule has 0 saturated carbocycles. The highest BCUT2D eigenvalue weighted by Gasteiger charge is 2.17. The van der Waals surface area contributed by atoms with Gasteiger partial charge in [0.1, 0.15) is 5.75 Å². The number of ether oxygens (including phenoxy) is 2. The summed E-state index contributed by atoms with van der Waals surface area (Å²) in [5.74, 6) is -0.415. The lowest BCUT2D eigenvalue weighted by Gasteiger charge is -2.12. The van der Waals surface area contributed by atoms with Crippen LogP contribution in [-0.4, -0.2) is 24.6 Å². The molecule has 0 aliphatic rings. The van der Waals surface area contributed by atoms with Gasteiger partial charge in [0.25, 0.3) is 0 Å². The number of phenolic OH excluding ortho intramolecular Hbond substituents is 1. The molecule has 0 unspecified atom stereocenters. The fourth-order valence-corrected chi connectivity index (χ4v) is 2.73. The summed E-state index contributed by atoms with van der Waals surface area (Å²) in [7, 11) is 1.43. The molecule has 4 nitrogen and oxygen atoms in total. The first kappa shape index (κ1) is 18.4. The number of carbonyl (C=O) groups excluding carboxylic acids is 1. The van der Waals surface area contributed by atoms with Crippen molar-refractivity contribution in [2.45, 2.75) is 6.61 Å². The molecule has 6 heteroatoms. The number of benzene rings is 3. The average Bonchev–Trinajstić information content (AvgIpc) is 2.66. The summed E-state index contributed by atoms with van der Waals surface area (Å²) < 4.78 is 35.3. The molecule has 0 aliphatic carbocycles.